The largest absolute Gasteiger partial charge is 0.455 e. The molecule has 3 nitrogen and oxygen atoms in total. The van der Waals surface area contributed by atoms with Gasteiger partial charge in [0.1, 0.15) is 18.2 Å². The van der Waals surface area contributed by atoms with Gasteiger partial charge in [-0.25, -0.2) is 4.57 Å². The predicted molar refractivity (Wildman–Crippen MR) is 139 cm³/mol. The van der Waals surface area contributed by atoms with E-state index in [0.29, 0.717) is 44.5 Å². The van der Waals surface area contributed by atoms with Gasteiger partial charge in [-0.15, -0.1) is 0 Å². The minimum atomic E-state index is -2.95. The van der Waals surface area contributed by atoms with Gasteiger partial charge in [-0.2, -0.15) is 0 Å². The molecule has 34 heavy (non-hydrogen) atoms. The van der Waals surface area contributed by atoms with E-state index in [9.17, 15) is 0 Å². The zero-order chi connectivity index (χ0) is 32.4. The Morgan fingerprint density at radius 2 is 1.91 bits per heavy atom. The van der Waals surface area contributed by atoms with Crippen LogP contribution in [-0.4, -0.2) is 4.98 Å². The van der Waals surface area contributed by atoms with Crippen molar-refractivity contribution in [1.82, 2.24) is 4.98 Å². The van der Waals surface area contributed by atoms with Crippen LogP contribution in [0.5, 0.6) is 0 Å². The van der Waals surface area contributed by atoms with Crippen molar-refractivity contribution in [2.75, 3.05) is 0 Å². The molecule has 0 fully saturated rings. The molecule has 0 unspecified atom stereocenters. The van der Waals surface area contributed by atoms with Crippen molar-refractivity contribution in [3.8, 4) is 22.4 Å². The molecular formula is C31H31N2O+. The molecule has 3 aromatic heterocycles. The molecule has 2 aromatic carbocycles. The maximum atomic E-state index is 8.72. The Morgan fingerprint density at radius 3 is 2.68 bits per heavy atom. The first-order valence-electron chi connectivity index (χ1n) is 16.2. The fraction of sp³-hybridized carbons (Fsp3) is 0.290. The average Bonchev–Trinajstić information content (AvgIpc) is 3.39. The zero-order valence-corrected chi connectivity index (χ0v) is 19.5. The molecule has 0 aliphatic heterocycles. The number of pyridine rings is 2. The van der Waals surface area contributed by atoms with E-state index in [0.717, 1.165) is 10.9 Å². The first-order chi connectivity index (χ1) is 20.2. The van der Waals surface area contributed by atoms with E-state index in [-0.39, 0.29) is 16.8 Å². The van der Waals surface area contributed by atoms with E-state index < -0.39 is 31.9 Å². The Balaban J connectivity index is 1.71. The van der Waals surface area contributed by atoms with Crippen LogP contribution in [0.3, 0.4) is 0 Å². The van der Waals surface area contributed by atoms with E-state index in [2.05, 4.69) is 4.98 Å². The molecular weight excluding hydrogens is 416 g/mol. The minimum Gasteiger partial charge on any atom is -0.455 e. The second-order valence-corrected chi connectivity index (χ2v) is 9.38. The zero-order valence-electron chi connectivity index (χ0n) is 29.5. The molecule has 0 N–H and O–H groups in total. The number of rotatable bonds is 2. The number of benzene rings is 2. The van der Waals surface area contributed by atoms with Crippen LogP contribution in [0.4, 0.5) is 0 Å². The Kier molecular flexibility index (Phi) is 2.65. The molecule has 0 amide bonds. The summed E-state index contributed by atoms with van der Waals surface area (Å²) in [6.45, 7) is -3.13. The number of fused-ring (bicyclic) bond motifs is 6. The van der Waals surface area contributed by atoms with Crippen molar-refractivity contribution in [2.24, 2.45) is 7.05 Å². The van der Waals surface area contributed by atoms with Crippen LogP contribution in [0, 0.1) is 13.8 Å². The highest BCUT2D eigenvalue weighted by Crippen LogP contribution is 2.50. The molecule has 0 saturated heterocycles. The van der Waals surface area contributed by atoms with Crippen molar-refractivity contribution in [2.45, 2.75) is 52.6 Å². The first kappa shape index (κ1) is 12.9. The lowest BCUT2D eigenvalue weighted by Gasteiger charge is -2.19. The van der Waals surface area contributed by atoms with Gasteiger partial charge in [-0.1, -0.05) is 45.8 Å². The summed E-state index contributed by atoms with van der Waals surface area (Å²) < 4.78 is 92.1. The summed E-state index contributed by atoms with van der Waals surface area (Å²) in [5.41, 5.74) is 2.09. The SMILES string of the molecule is [2H]C([2H])([2H])c1c[n+](C)c(-c2c(C)ccc3c2oc2cc4c(cc23)-c2cccnc2C4(C([2H])([2H])[2H])C([2H])([2H])[2H])cc1C([2H])(C)C. The molecule has 6 rings (SSSR count). The highest BCUT2D eigenvalue weighted by Gasteiger charge is 2.37. The molecule has 1 aliphatic rings. The van der Waals surface area contributed by atoms with E-state index in [4.69, 9.17) is 18.1 Å². The van der Waals surface area contributed by atoms with Crippen LogP contribution in [0.2, 0.25) is 0 Å². The molecule has 3 heterocycles. The lowest BCUT2D eigenvalue weighted by Crippen LogP contribution is -2.32. The fourth-order valence-electron chi connectivity index (χ4n) is 5.20. The van der Waals surface area contributed by atoms with Gasteiger partial charge in [-0.3, -0.25) is 4.98 Å². The van der Waals surface area contributed by atoms with Crippen LogP contribution in [0.1, 0.15) is 75.1 Å². The van der Waals surface area contributed by atoms with Crippen molar-refractivity contribution in [3.05, 3.63) is 82.8 Å². The summed E-state index contributed by atoms with van der Waals surface area (Å²) >= 11 is 0. The van der Waals surface area contributed by atoms with Crippen LogP contribution in [0.25, 0.3) is 44.3 Å². The molecule has 0 bridgehead atoms. The second kappa shape index (κ2) is 7.02. The van der Waals surface area contributed by atoms with Gasteiger partial charge < -0.3 is 4.42 Å². The molecule has 0 atom stereocenters. The highest BCUT2D eigenvalue weighted by atomic mass is 16.3. The Bertz CT molecular complexity index is 1980. The maximum Gasteiger partial charge on any atom is 0.216 e. The standard InChI is InChI=1S/C31H31N2O/c1-17(2)22-14-26(33(7)16-19(22)4)28-18(3)10-11-20-24-13-23-21-9-8-12-32-30(21)31(5,6)25(23)15-27(24)34-29(20)28/h8-17H,1-7H3/q+1/i4D3,5D3,6D3,17D. The van der Waals surface area contributed by atoms with Crippen molar-refractivity contribution in [1.29, 1.82) is 0 Å². The number of aromatic nitrogens is 2. The smallest absolute Gasteiger partial charge is 0.216 e. The van der Waals surface area contributed by atoms with Gasteiger partial charge >= 0.3 is 0 Å². The third-order valence-corrected chi connectivity index (χ3v) is 6.91. The molecule has 0 spiro atoms. The number of aryl methyl sites for hydroxylation is 3. The van der Waals surface area contributed by atoms with E-state index in [1.807, 2.05) is 19.1 Å². The second-order valence-electron chi connectivity index (χ2n) is 9.38. The Labute approximate surface area is 215 Å². The summed E-state index contributed by atoms with van der Waals surface area (Å²) in [6.07, 6.45) is 2.95. The van der Waals surface area contributed by atoms with Crippen molar-refractivity contribution in [3.63, 3.8) is 0 Å². The van der Waals surface area contributed by atoms with Gasteiger partial charge in [0.25, 0.3) is 0 Å². The van der Waals surface area contributed by atoms with Gasteiger partial charge in [0.2, 0.25) is 5.69 Å². The maximum absolute atomic E-state index is 8.72. The summed E-state index contributed by atoms with van der Waals surface area (Å²) in [5, 5.41) is 1.39. The molecule has 170 valence electrons. The monoisotopic (exact) mass is 457 g/mol. The quantitative estimate of drug-likeness (QED) is 0.257. The third kappa shape index (κ3) is 2.76. The van der Waals surface area contributed by atoms with Gasteiger partial charge in [0.05, 0.1) is 11.3 Å². The molecule has 0 saturated carbocycles. The lowest BCUT2D eigenvalue weighted by molar-refractivity contribution is -0.660. The van der Waals surface area contributed by atoms with E-state index >= 15 is 0 Å². The normalized spacial score (nSPS) is 20.0. The molecule has 5 aromatic rings. The molecule has 3 heteroatoms. The number of furan rings is 1. The Hall–Kier alpha value is -3.46. The third-order valence-electron chi connectivity index (χ3n) is 6.91. The number of hydrogen-bond acceptors (Lipinski definition) is 2. The molecule has 1 aliphatic carbocycles. The minimum absolute atomic E-state index is 0.00426. The summed E-state index contributed by atoms with van der Waals surface area (Å²) in [5.74, 6) is -1.21. The number of hydrogen-bond donors (Lipinski definition) is 0. The van der Waals surface area contributed by atoms with Gasteiger partial charge in [-0.05, 0) is 60.1 Å². The number of nitrogens with zero attached hydrogens (tertiary/aromatic N) is 2. The summed E-state index contributed by atoms with van der Waals surface area (Å²) in [4.78, 5) is 4.32. The van der Waals surface area contributed by atoms with Crippen LogP contribution >= 0.6 is 0 Å². The first-order valence-corrected chi connectivity index (χ1v) is 11.2. The van der Waals surface area contributed by atoms with Crippen LogP contribution in [-0.2, 0) is 12.5 Å². The van der Waals surface area contributed by atoms with E-state index in [1.54, 1.807) is 49.7 Å². The van der Waals surface area contributed by atoms with Crippen molar-refractivity contribution < 1.29 is 22.7 Å². The van der Waals surface area contributed by atoms with Gasteiger partial charge in [0.15, 0.2) is 6.20 Å². The summed E-state index contributed by atoms with van der Waals surface area (Å²) in [7, 11) is 1.74. The van der Waals surface area contributed by atoms with E-state index in [1.165, 1.54) is 18.5 Å². The highest BCUT2D eigenvalue weighted by molar-refractivity contribution is 6.11. The Morgan fingerprint density at radius 1 is 1.06 bits per heavy atom. The lowest BCUT2D eigenvalue weighted by atomic mass is 9.85. The predicted octanol–water partition coefficient (Wildman–Crippen LogP) is 7.52. The average molecular weight is 458 g/mol. The topological polar surface area (TPSA) is 29.9 Å². The molecule has 0 radical (unpaired) electrons. The van der Waals surface area contributed by atoms with Crippen molar-refractivity contribution >= 4 is 21.9 Å². The van der Waals surface area contributed by atoms with Crippen LogP contribution < -0.4 is 4.57 Å². The fourth-order valence-corrected chi connectivity index (χ4v) is 5.20. The van der Waals surface area contributed by atoms with Crippen LogP contribution in [0.15, 0.2) is 59.3 Å². The summed E-state index contributed by atoms with van der Waals surface area (Å²) in [6, 6.07) is 12.2. The van der Waals surface area contributed by atoms with Gasteiger partial charge in [0, 0.05) is 53.3 Å².